The maximum Gasteiger partial charge on any atom is 0.345 e. The fourth-order valence-electron chi connectivity index (χ4n) is 4.02. The number of aryl methyl sites for hydroxylation is 1. The third kappa shape index (κ3) is 2.79. The summed E-state index contributed by atoms with van der Waals surface area (Å²) in [6.45, 7) is 0.794. The summed E-state index contributed by atoms with van der Waals surface area (Å²) in [5, 5.41) is 0. The number of nitrogens with zero attached hydrogens (tertiary/aromatic N) is 2. The van der Waals surface area contributed by atoms with E-state index in [1.54, 1.807) is 6.20 Å². The molecule has 2 aromatic heterocycles. The molecule has 0 amide bonds. The maximum absolute atomic E-state index is 11.8. The van der Waals surface area contributed by atoms with E-state index in [-0.39, 0.29) is 5.69 Å². The second kappa shape index (κ2) is 6.40. The molecule has 4 heteroatoms. The molecule has 5 rings (SSSR count). The predicted octanol–water partition coefficient (Wildman–Crippen LogP) is 4.05. The van der Waals surface area contributed by atoms with Gasteiger partial charge in [0.15, 0.2) is 0 Å². The minimum atomic E-state index is -0.293. The number of H-pyrrole nitrogens is 1. The van der Waals surface area contributed by atoms with Gasteiger partial charge >= 0.3 is 5.69 Å². The van der Waals surface area contributed by atoms with Gasteiger partial charge in [0.25, 0.3) is 0 Å². The highest BCUT2D eigenvalue weighted by Crippen LogP contribution is 2.39. The van der Waals surface area contributed by atoms with Crippen molar-refractivity contribution in [3.63, 3.8) is 0 Å². The summed E-state index contributed by atoms with van der Waals surface area (Å²) in [6, 6.07) is 21.0. The lowest BCUT2D eigenvalue weighted by molar-refractivity contribution is 0.810. The zero-order valence-electron chi connectivity index (χ0n) is 14.9. The van der Waals surface area contributed by atoms with Crippen LogP contribution in [0.5, 0.6) is 0 Å². The molecule has 2 heterocycles. The van der Waals surface area contributed by atoms with Crippen LogP contribution in [0.3, 0.4) is 0 Å². The van der Waals surface area contributed by atoms with Gasteiger partial charge in [0.2, 0.25) is 0 Å². The monoisotopic (exact) mass is 353 g/mol. The second-order valence-electron chi connectivity index (χ2n) is 6.94. The third-order valence-electron chi connectivity index (χ3n) is 5.23. The van der Waals surface area contributed by atoms with Crippen molar-refractivity contribution in [3.8, 4) is 22.5 Å². The van der Waals surface area contributed by atoms with Gasteiger partial charge in [-0.15, -0.1) is 0 Å². The van der Waals surface area contributed by atoms with Gasteiger partial charge in [-0.3, -0.25) is 0 Å². The Labute approximate surface area is 157 Å². The molecule has 2 aromatic carbocycles. The number of benzene rings is 2. The zero-order chi connectivity index (χ0) is 18.2. The largest absolute Gasteiger partial charge is 0.345 e. The average Bonchev–Trinajstić information content (AvgIpc) is 3.08. The zero-order valence-corrected chi connectivity index (χ0v) is 14.9. The number of fused-ring (bicyclic) bond motifs is 3. The predicted molar refractivity (Wildman–Crippen MR) is 107 cm³/mol. The molecule has 0 aliphatic heterocycles. The highest BCUT2D eigenvalue weighted by Gasteiger charge is 2.24. The first-order valence-corrected chi connectivity index (χ1v) is 9.19. The first-order valence-electron chi connectivity index (χ1n) is 9.19. The Morgan fingerprint density at radius 2 is 1.70 bits per heavy atom. The van der Waals surface area contributed by atoms with Crippen molar-refractivity contribution in [3.05, 3.63) is 100 Å². The number of aromatic nitrogens is 3. The lowest BCUT2D eigenvalue weighted by Crippen LogP contribution is -2.15. The molecule has 0 radical (unpaired) electrons. The Balaban J connectivity index is 1.73. The molecule has 1 aliphatic carbocycles. The molecule has 4 nitrogen and oxygen atoms in total. The Bertz CT molecular complexity index is 1160. The van der Waals surface area contributed by atoms with Crippen LogP contribution in [-0.2, 0) is 19.4 Å². The Hall–Kier alpha value is -3.40. The summed E-state index contributed by atoms with van der Waals surface area (Å²) in [5.74, 6) is 0. The number of hydrogen-bond acceptors (Lipinski definition) is 2. The SMILES string of the molecule is O=c1ncc2c([nH]1)-c1cn(Cc3ccccc3)c(-c3ccccc3)c1CC2. The quantitative estimate of drug-likeness (QED) is 0.604. The van der Waals surface area contributed by atoms with Crippen molar-refractivity contribution in [2.45, 2.75) is 19.4 Å². The van der Waals surface area contributed by atoms with E-state index in [2.05, 4.69) is 69.3 Å². The van der Waals surface area contributed by atoms with Crippen molar-refractivity contribution in [1.29, 1.82) is 0 Å². The first kappa shape index (κ1) is 15.8. The summed E-state index contributed by atoms with van der Waals surface area (Å²) in [4.78, 5) is 18.7. The topological polar surface area (TPSA) is 50.7 Å². The summed E-state index contributed by atoms with van der Waals surface area (Å²) in [7, 11) is 0. The van der Waals surface area contributed by atoms with E-state index >= 15 is 0 Å². The molecular weight excluding hydrogens is 334 g/mol. The number of hydrogen-bond donors (Lipinski definition) is 1. The highest BCUT2D eigenvalue weighted by atomic mass is 16.1. The van der Waals surface area contributed by atoms with Crippen LogP contribution in [0.4, 0.5) is 0 Å². The molecule has 0 spiro atoms. The van der Waals surface area contributed by atoms with Crippen LogP contribution in [0, 0.1) is 0 Å². The summed E-state index contributed by atoms with van der Waals surface area (Å²) in [5.41, 5.74) is 7.84. The van der Waals surface area contributed by atoms with Gasteiger partial charge in [0.05, 0.1) is 11.4 Å². The number of rotatable bonds is 3. The minimum absolute atomic E-state index is 0.293. The molecule has 0 saturated heterocycles. The van der Waals surface area contributed by atoms with Gasteiger partial charge in [-0.2, -0.15) is 0 Å². The maximum atomic E-state index is 11.8. The molecule has 132 valence electrons. The van der Waals surface area contributed by atoms with Gasteiger partial charge in [0, 0.05) is 24.5 Å². The summed E-state index contributed by atoms with van der Waals surface area (Å²) >= 11 is 0. The molecule has 27 heavy (non-hydrogen) atoms. The van der Waals surface area contributed by atoms with Gasteiger partial charge in [0.1, 0.15) is 0 Å². The summed E-state index contributed by atoms with van der Waals surface area (Å²) < 4.78 is 2.31. The lowest BCUT2D eigenvalue weighted by Gasteiger charge is -2.17. The number of aromatic amines is 1. The molecule has 0 unspecified atom stereocenters. The van der Waals surface area contributed by atoms with Crippen LogP contribution in [-0.4, -0.2) is 14.5 Å². The van der Waals surface area contributed by atoms with E-state index in [0.29, 0.717) is 0 Å². The molecule has 0 saturated carbocycles. The van der Waals surface area contributed by atoms with E-state index in [9.17, 15) is 4.79 Å². The fourth-order valence-corrected chi connectivity index (χ4v) is 4.02. The van der Waals surface area contributed by atoms with E-state index in [1.165, 1.54) is 22.4 Å². The minimum Gasteiger partial charge on any atom is -0.342 e. The van der Waals surface area contributed by atoms with Crippen LogP contribution in [0.15, 0.2) is 77.9 Å². The van der Waals surface area contributed by atoms with Crippen LogP contribution < -0.4 is 5.69 Å². The van der Waals surface area contributed by atoms with E-state index in [1.807, 2.05) is 12.1 Å². The standard InChI is InChI=1S/C23H19N3O/c27-23-24-13-18-11-12-19-20(21(18)25-23)15-26(14-16-7-3-1-4-8-16)22(19)17-9-5-2-6-10-17/h1-10,13,15H,11-12,14H2,(H,24,25,27). The van der Waals surface area contributed by atoms with Crippen molar-refractivity contribution in [2.75, 3.05) is 0 Å². The van der Waals surface area contributed by atoms with E-state index in [4.69, 9.17) is 0 Å². The van der Waals surface area contributed by atoms with Crippen molar-refractivity contribution in [2.24, 2.45) is 0 Å². The molecule has 0 atom stereocenters. The molecule has 1 aliphatic rings. The van der Waals surface area contributed by atoms with Gasteiger partial charge in [-0.1, -0.05) is 60.7 Å². The first-order chi connectivity index (χ1) is 13.3. The van der Waals surface area contributed by atoms with Crippen LogP contribution in [0.25, 0.3) is 22.5 Å². The molecule has 4 aromatic rings. The van der Waals surface area contributed by atoms with Crippen molar-refractivity contribution in [1.82, 2.24) is 14.5 Å². The second-order valence-corrected chi connectivity index (χ2v) is 6.94. The normalized spacial score (nSPS) is 12.4. The highest BCUT2D eigenvalue weighted by molar-refractivity contribution is 5.79. The van der Waals surface area contributed by atoms with E-state index < -0.39 is 0 Å². The van der Waals surface area contributed by atoms with Crippen LogP contribution >= 0.6 is 0 Å². The lowest BCUT2D eigenvalue weighted by atomic mass is 9.90. The number of nitrogens with one attached hydrogen (secondary N) is 1. The van der Waals surface area contributed by atoms with Gasteiger partial charge < -0.3 is 9.55 Å². The molecule has 1 N–H and O–H groups in total. The molecular formula is C23H19N3O. The fraction of sp³-hybridized carbons (Fsp3) is 0.130. The average molecular weight is 353 g/mol. The Kier molecular flexibility index (Phi) is 3.75. The Morgan fingerprint density at radius 1 is 0.963 bits per heavy atom. The van der Waals surface area contributed by atoms with Gasteiger partial charge in [-0.25, -0.2) is 9.78 Å². The molecule has 0 fully saturated rings. The summed E-state index contributed by atoms with van der Waals surface area (Å²) in [6.07, 6.45) is 5.73. The Morgan fingerprint density at radius 3 is 2.48 bits per heavy atom. The van der Waals surface area contributed by atoms with Crippen molar-refractivity contribution < 1.29 is 0 Å². The smallest absolute Gasteiger partial charge is 0.342 e. The van der Waals surface area contributed by atoms with Crippen LogP contribution in [0.1, 0.15) is 16.7 Å². The van der Waals surface area contributed by atoms with Crippen LogP contribution in [0.2, 0.25) is 0 Å². The van der Waals surface area contributed by atoms with Crippen molar-refractivity contribution >= 4 is 0 Å². The third-order valence-corrected chi connectivity index (χ3v) is 5.23. The molecule has 0 bridgehead atoms. The van der Waals surface area contributed by atoms with E-state index in [0.717, 1.165) is 36.2 Å². The van der Waals surface area contributed by atoms with Gasteiger partial charge in [-0.05, 0) is 35.1 Å².